The molecular weight excluding hydrogens is 330 g/mol. The highest BCUT2D eigenvalue weighted by Gasteiger charge is 2.23. The quantitative estimate of drug-likeness (QED) is 0.751. The van der Waals surface area contributed by atoms with Crippen LogP contribution >= 0.6 is 11.6 Å². The van der Waals surface area contributed by atoms with Crippen molar-refractivity contribution >= 4 is 27.6 Å². The number of rotatable bonds is 8. The van der Waals surface area contributed by atoms with Crippen molar-refractivity contribution in [1.82, 2.24) is 4.72 Å². The van der Waals surface area contributed by atoms with Gasteiger partial charge in [0.1, 0.15) is 5.75 Å². The van der Waals surface area contributed by atoms with Crippen molar-refractivity contribution in [1.29, 1.82) is 0 Å². The van der Waals surface area contributed by atoms with Gasteiger partial charge in [-0.3, -0.25) is 4.79 Å². The topological polar surface area (TPSA) is 92.7 Å². The molecule has 0 radical (unpaired) electrons. The van der Waals surface area contributed by atoms with Crippen LogP contribution in [0.1, 0.15) is 20.3 Å². The summed E-state index contributed by atoms with van der Waals surface area (Å²) >= 11 is 5.91. The molecule has 1 unspecified atom stereocenters. The summed E-state index contributed by atoms with van der Waals surface area (Å²) in [5, 5.41) is 9.30. The van der Waals surface area contributed by atoms with Gasteiger partial charge in [0.15, 0.2) is 0 Å². The molecule has 0 spiro atoms. The second kappa shape index (κ2) is 7.80. The van der Waals surface area contributed by atoms with E-state index in [2.05, 4.69) is 4.72 Å². The van der Waals surface area contributed by atoms with Gasteiger partial charge in [-0.15, -0.1) is 0 Å². The third-order valence-electron chi connectivity index (χ3n) is 3.06. The van der Waals surface area contributed by atoms with Crippen LogP contribution < -0.4 is 9.46 Å². The van der Waals surface area contributed by atoms with E-state index in [1.807, 2.05) is 13.8 Å². The Hall–Kier alpha value is -1.31. The van der Waals surface area contributed by atoms with Crippen molar-refractivity contribution in [2.45, 2.75) is 25.2 Å². The lowest BCUT2D eigenvalue weighted by Gasteiger charge is -2.16. The average molecular weight is 350 g/mol. The highest BCUT2D eigenvalue weighted by Crippen LogP contribution is 2.26. The van der Waals surface area contributed by atoms with E-state index in [4.69, 9.17) is 21.4 Å². The van der Waals surface area contributed by atoms with Gasteiger partial charge in [-0.2, -0.15) is 0 Å². The third-order valence-corrected chi connectivity index (χ3v) is 4.78. The number of nitrogens with one attached hydrogen (secondary N) is 1. The third kappa shape index (κ3) is 5.15. The van der Waals surface area contributed by atoms with E-state index in [1.54, 1.807) is 0 Å². The summed E-state index contributed by atoms with van der Waals surface area (Å²) in [6.07, 6.45) is 0.390. The molecule has 0 aliphatic rings. The van der Waals surface area contributed by atoms with Crippen molar-refractivity contribution in [2.24, 2.45) is 11.8 Å². The molecule has 2 N–H and O–H groups in total. The van der Waals surface area contributed by atoms with Crippen LogP contribution in [-0.4, -0.2) is 33.1 Å². The van der Waals surface area contributed by atoms with Crippen LogP contribution in [0.5, 0.6) is 5.75 Å². The van der Waals surface area contributed by atoms with Crippen molar-refractivity contribution in [3.8, 4) is 5.75 Å². The number of aliphatic carboxylic acids is 1. The molecule has 0 aliphatic carbocycles. The zero-order chi connectivity index (χ0) is 16.9. The van der Waals surface area contributed by atoms with Gasteiger partial charge >= 0.3 is 5.97 Å². The summed E-state index contributed by atoms with van der Waals surface area (Å²) in [7, 11) is -2.40. The molecule has 0 aromatic heterocycles. The molecule has 0 saturated carbocycles. The Morgan fingerprint density at radius 3 is 2.50 bits per heavy atom. The van der Waals surface area contributed by atoms with E-state index in [0.29, 0.717) is 12.2 Å². The van der Waals surface area contributed by atoms with Crippen LogP contribution in [0, 0.1) is 11.8 Å². The molecule has 0 amide bonds. The predicted molar refractivity (Wildman–Crippen MR) is 83.8 cm³/mol. The maximum atomic E-state index is 12.2. The molecule has 0 fully saturated rings. The van der Waals surface area contributed by atoms with E-state index < -0.39 is 21.9 Å². The van der Waals surface area contributed by atoms with Crippen LogP contribution in [0.15, 0.2) is 23.1 Å². The number of carboxylic acid groups (broad SMARTS) is 1. The minimum Gasteiger partial charge on any atom is -0.495 e. The second-order valence-electron chi connectivity index (χ2n) is 5.31. The Bertz CT molecular complexity index is 630. The highest BCUT2D eigenvalue weighted by molar-refractivity contribution is 7.89. The molecule has 1 atom stereocenters. The Kier molecular flexibility index (Phi) is 6.65. The predicted octanol–water partition coefficient (Wildman–Crippen LogP) is 2.37. The number of hydrogen-bond donors (Lipinski definition) is 2. The smallest absolute Gasteiger partial charge is 0.307 e. The minimum absolute atomic E-state index is 0.0352. The molecule has 0 aliphatic heterocycles. The van der Waals surface area contributed by atoms with Crippen molar-refractivity contribution in [3.63, 3.8) is 0 Å². The number of sulfonamides is 1. The monoisotopic (exact) mass is 349 g/mol. The lowest BCUT2D eigenvalue weighted by molar-refractivity contribution is -0.142. The average Bonchev–Trinajstić information content (AvgIpc) is 2.42. The van der Waals surface area contributed by atoms with Gasteiger partial charge in [-0.05, 0) is 30.5 Å². The van der Waals surface area contributed by atoms with Crippen molar-refractivity contribution < 1.29 is 23.1 Å². The molecule has 0 saturated heterocycles. The number of ether oxygens (including phenoxy) is 1. The van der Waals surface area contributed by atoms with Gasteiger partial charge in [0.25, 0.3) is 0 Å². The fourth-order valence-electron chi connectivity index (χ4n) is 1.95. The molecular formula is C14H20ClNO5S. The van der Waals surface area contributed by atoms with Gasteiger partial charge in [0.05, 0.1) is 22.9 Å². The number of benzene rings is 1. The zero-order valence-corrected chi connectivity index (χ0v) is 14.2. The Morgan fingerprint density at radius 2 is 2.05 bits per heavy atom. The first-order chi connectivity index (χ1) is 10.2. The van der Waals surface area contributed by atoms with E-state index in [0.717, 1.165) is 0 Å². The second-order valence-corrected chi connectivity index (χ2v) is 7.49. The minimum atomic E-state index is -3.83. The van der Waals surface area contributed by atoms with Gasteiger partial charge in [-0.25, -0.2) is 13.1 Å². The van der Waals surface area contributed by atoms with E-state index in [9.17, 15) is 13.2 Å². The summed E-state index contributed by atoms with van der Waals surface area (Å²) in [5.41, 5.74) is 0. The Morgan fingerprint density at radius 1 is 1.41 bits per heavy atom. The van der Waals surface area contributed by atoms with Crippen LogP contribution in [0.2, 0.25) is 5.02 Å². The molecule has 1 aromatic rings. The molecule has 0 heterocycles. The lowest BCUT2D eigenvalue weighted by Crippen LogP contribution is -2.33. The largest absolute Gasteiger partial charge is 0.495 e. The van der Waals surface area contributed by atoms with Crippen LogP contribution in [-0.2, 0) is 14.8 Å². The molecule has 1 rings (SSSR count). The van der Waals surface area contributed by atoms with Gasteiger partial charge < -0.3 is 9.84 Å². The molecule has 0 bridgehead atoms. The normalized spacial score (nSPS) is 13.1. The molecule has 6 nitrogen and oxygen atoms in total. The van der Waals surface area contributed by atoms with Crippen LogP contribution in [0.4, 0.5) is 0 Å². The Balaban J connectivity index is 2.86. The first kappa shape index (κ1) is 18.7. The maximum Gasteiger partial charge on any atom is 0.307 e. The molecule has 124 valence electrons. The van der Waals surface area contributed by atoms with Crippen molar-refractivity contribution in [3.05, 3.63) is 23.2 Å². The first-order valence-electron chi connectivity index (χ1n) is 6.73. The van der Waals surface area contributed by atoms with Gasteiger partial charge in [0.2, 0.25) is 10.0 Å². The van der Waals surface area contributed by atoms with Gasteiger partial charge in [0, 0.05) is 6.54 Å². The van der Waals surface area contributed by atoms with E-state index in [1.165, 1.54) is 25.3 Å². The van der Waals surface area contributed by atoms with Crippen molar-refractivity contribution in [2.75, 3.05) is 13.7 Å². The van der Waals surface area contributed by atoms with Crippen LogP contribution in [0.25, 0.3) is 0 Å². The van der Waals surface area contributed by atoms with E-state index >= 15 is 0 Å². The highest BCUT2D eigenvalue weighted by atomic mass is 35.5. The standard InChI is InChI=1S/C14H20ClNO5S/c1-9(2)6-10(14(17)18)8-16-22(19,20)11-4-5-13(21-3)12(15)7-11/h4-5,7,9-10,16H,6,8H2,1-3H3,(H,17,18). The van der Waals surface area contributed by atoms with Gasteiger partial charge in [-0.1, -0.05) is 25.4 Å². The SMILES string of the molecule is COc1ccc(S(=O)(=O)NCC(CC(C)C)C(=O)O)cc1Cl. The lowest BCUT2D eigenvalue weighted by atomic mass is 9.98. The fraction of sp³-hybridized carbons (Fsp3) is 0.500. The molecule has 22 heavy (non-hydrogen) atoms. The summed E-state index contributed by atoms with van der Waals surface area (Å²) in [4.78, 5) is 11.1. The molecule has 1 aromatic carbocycles. The first-order valence-corrected chi connectivity index (χ1v) is 8.59. The Labute approximate surface area is 135 Å². The van der Waals surface area contributed by atoms with E-state index in [-0.39, 0.29) is 22.4 Å². The number of methoxy groups -OCH3 is 1. The summed E-state index contributed by atoms with van der Waals surface area (Å²) in [6.45, 7) is 3.60. The number of hydrogen-bond acceptors (Lipinski definition) is 4. The molecule has 8 heteroatoms. The fourth-order valence-corrected chi connectivity index (χ4v) is 3.38. The zero-order valence-electron chi connectivity index (χ0n) is 12.7. The number of carbonyl (C=O) groups is 1. The summed E-state index contributed by atoms with van der Waals surface area (Å²) in [6, 6.07) is 4.06. The number of halogens is 1. The van der Waals surface area contributed by atoms with Crippen LogP contribution in [0.3, 0.4) is 0 Å². The summed E-state index contributed by atoms with van der Waals surface area (Å²) < 4.78 is 31.7. The number of carboxylic acids is 1. The maximum absolute atomic E-state index is 12.2. The summed E-state index contributed by atoms with van der Waals surface area (Å²) in [5.74, 6) is -1.28.